The fraction of sp³-hybridized carbons (Fsp3) is 0.607. The van der Waals surface area contributed by atoms with E-state index in [2.05, 4.69) is 16.6 Å². The standard InChI is InChI=1S/C28H41N3O6/c1-10-17-11-13-18(14-12-17)21(28(8,9)36)29-23(33)20-15-19(32)16-31(20)24(34)22(26(2,3)4)30-25(35)37-27(5,6)7/h1,11-14,19-22,32,36H,15-16H2,2-9H3,(H,29,33)(H,30,35)/t19-,20+,21-,22-/m1/s1. The molecular formula is C28H41N3O6. The molecule has 9 heteroatoms. The van der Waals surface area contributed by atoms with Gasteiger partial charge in [-0.25, -0.2) is 4.79 Å². The van der Waals surface area contributed by atoms with Gasteiger partial charge in [0.1, 0.15) is 17.7 Å². The van der Waals surface area contributed by atoms with E-state index in [1.165, 1.54) is 4.90 Å². The van der Waals surface area contributed by atoms with Crippen LogP contribution in [-0.2, 0) is 14.3 Å². The Bertz CT molecular complexity index is 1020. The maximum Gasteiger partial charge on any atom is 0.408 e. The monoisotopic (exact) mass is 515 g/mol. The average Bonchev–Trinajstić information content (AvgIpc) is 3.14. The van der Waals surface area contributed by atoms with E-state index in [1.807, 2.05) is 0 Å². The lowest BCUT2D eigenvalue weighted by Gasteiger charge is -2.37. The summed E-state index contributed by atoms with van der Waals surface area (Å²) in [6, 6.07) is 4.07. The molecule has 1 aromatic carbocycles. The van der Waals surface area contributed by atoms with Crippen molar-refractivity contribution in [1.82, 2.24) is 15.5 Å². The highest BCUT2D eigenvalue weighted by Gasteiger charge is 2.46. The molecule has 0 radical (unpaired) electrons. The molecule has 2 rings (SSSR count). The molecule has 0 spiro atoms. The minimum atomic E-state index is -1.34. The Kier molecular flexibility index (Phi) is 9.05. The van der Waals surface area contributed by atoms with Crippen LogP contribution in [0.15, 0.2) is 24.3 Å². The Balaban J connectivity index is 2.31. The summed E-state index contributed by atoms with van der Waals surface area (Å²) in [4.78, 5) is 40.9. The molecule has 0 aliphatic carbocycles. The minimum absolute atomic E-state index is 0.0233. The fourth-order valence-electron chi connectivity index (χ4n) is 4.22. The lowest BCUT2D eigenvalue weighted by Crippen LogP contribution is -2.58. The summed E-state index contributed by atoms with van der Waals surface area (Å²) in [5, 5.41) is 26.7. The Hall–Kier alpha value is -3.09. The number of nitrogens with zero attached hydrogens (tertiary/aromatic N) is 1. The molecule has 1 saturated heterocycles. The summed E-state index contributed by atoms with van der Waals surface area (Å²) < 4.78 is 5.34. The molecule has 9 nitrogen and oxygen atoms in total. The number of terminal acetylenes is 1. The molecule has 1 aliphatic rings. The van der Waals surface area contributed by atoms with Crippen LogP contribution in [0.3, 0.4) is 0 Å². The Morgan fingerprint density at radius 1 is 1.05 bits per heavy atom. The van der Waals surface area contributed by atoms with Gasteiger partial charge >= 0.3 is 6.09 Å². The van der Waals surface area contributed by atoms with E-state index < -0.39 is 58.8 Å². The maximum atomic E-state index is 13.7. The average molecular weight is 516 g/mol. The lowest BCUT2D eigenvalue weighted by atomic mass is 9.85. The number of likely N-dealkylation sites (tertiary alicyclic amines) is 1. The van der Waals surface area contributed by atoms with Crippen LogP contribution in [0.2, 0.25) is 0 Å². The highest BCUT2D eigenvalue weighted by molar-refractivity contribution is 5.92. The number of ether oxygens (including phenoxy) is 1. The molecule has 1 heterocycles. The summed E-state index contributed by atoms with van der Waals surface area (Å²) in [7, 11) is 0. The number of carbonyl (C=O) groups is 3. The lowest BCUT2D eigenvalue weighted by molar-refractivity contribution is -0.143. The maximum absolute atomic E-state index is 13.7. The van der Waals surface area contributed by atoms with E-state index in [0.29, 0.717) is 11.1 Å². The van der Waals surface area contributed by atoms with E-state index in [4.69, 9.17) is 11.2 Å². The third-order valence-electron chi connectivity index (χ3n) is 6.04. The van der Waals surface area contributed by atoms with Crippen molar-refractivity contribution < 1.29 is 29.3 Å². The van der Waals surface area contributed by atoms with Crippen molar-refractivity contribution in [3.8, 4) is 12.3 Å². The van der Waals surface area contributed by atoms with Crippen LogP contribution in [0.1, 0.15) is 79.0 Å². The molecule has 204 valence electrons. The molecule has 0 aromatic heterocycles. The SMILES string of the molecule is C#Cc1ccc([C@@H](NC(=O)[C@@H]2C[C@@H](O)CN2C(=O)[C@@H](NC(=O)OC(C)(C)C)C(C)(C)C)C(C)(C)O)cc1. The van der Waals surface area contributed by atoms with Crippen LogP contribution in [0.4, 0.5) is 4.79 Å². The fourth-order valence-corrected chi connectivity index (χ4v) is 4.22. The zero-order valence-electron chi connectivity index (χ0n) is 23.1. The molecule has 0 saturated carbocycles. The number of rotatable bonds is 6. The number of aliphatic hydroxyl groups excluding tert-OH is 1. The summed E-state index contributed by atoms with van der Waals surface area (Å²) in [5.41, 5.74) is -1.52. The summed E-state index contributed by atoms with van der Waals surface area (Å²) in [6.07, 6.45) is 3.79. The topological polar surface area (TPSA) is 128 Å². The number of β-amino-alcohol motifs (C(OH)–C–C–N with tert-alkyl or cyclic N) is 1. The van der Waals surface area contributed by atoms with Gasteiger partial charge in [-0.2, -0.15) is 0 Å². The number of amides is 3. The van der Waals surface area contributed by atoms with Crippen LogP contribution >= 0.6 is 0 Å². The zero-order valence-corrected chi connectivity index (χ0v) is 23.1. The van der Waals surface area contributed by atoms with Gasteiger partial charge in [-0.05, 0) is 57.7 Å². The first-order valence-corrected chi connectivity index (χ1v) is 12.4. The second-order valence-electron chi connectivity index (χ2n) is 12.2. The van der Waals surface area contributed by atoms with Gasteiger partial charge < -0.3 is 30.5 Å². The Labute approximate surface area is 219 Å². The Morgan fingerprint density at radius 2 is 1.62 bits per heavy atom. The van der Waals surface area contributed by atoms with Crippen molar-refractivity contribution in [3.63, 3.8) is 0 Å². The third-order valence-corrected chi connectivity index (χ3v) is 6.04. The number of benzene rings is 1. The molecule has 0 unspecified atom stereocenters. The quantitative estimate of drug-likeness (QED) is 0.431. The number of carbonyl (C=O) groups excluding carboxylic acids is 3. The third kappa shape index (κ3) is 8.20. The normalized spacial score (nSPS) is 20.0. The number of aliphatic hydroxyl groups is 2. The Morgan fingerprint density at radius 3 is 2.08 bits per heavy atom. The van der Waals surface area contributed by atoms with Gasteiger partial charge in [-0.1, -0.05) is 38.8 Å². The van der Waals surface area contributed by atoms with Crippen molar-refractivity contribution in [2.24, 2.45) is 5.41 Å². The molecule has 37 heavy (non-hydrogen) atoms. The van der Waals surface area contributed by atoms with Crippen LogP contribution in [-0.4, -0.2) is 69.0 Å². The van der Waals surface area contributed by atoms with Gasteiger partial charge in [0.05, 0.1) is 17.7 Å². The van der Waals surface area contributed by atoms with Gasteiger partial charge in [0.15, 0.2) is 0 Å². The first-order chi connectivity index (χ1) is 16.8. The van der Waals surface area contributed by atoms with Gasteiger partial charge in [0.25, 0.3) is 0 Å². The predicted octanol–water partition coefficient (Wildman–Crippen LogP) is 2.50. The largest absolute Gasteiger partial charge is 0.444 e. The van der Waals surface area contributed by atoms with Crippen LogP contribution in [0.25, 0.3) is 0 Å². The number of hydrogen-bond acceptors (Lipinski definition) is 6. The molecule has 1 fully saturated rings. The summed E-state index contributed by atoms with van der Waals surface area (Å²) in [5.74, 6) is 1.50. The zero-order chi connectivity index (χ0) is 28.3. The molecule has 0 bridgehead atoms. The van der Waals surface area contributed by atoms with E-state index in [9.17, 15) is 24.6 Å². The van der Waals surface area contributed by atoms with E-state index in [-0.39, 0.29) is 13.0 Å². The summed E-state index contributed by atoms with van der Waals surface area (Å²) in [6.45, 7) is 13.6. The van der Waals surface area contributed by atoms with Crippen LogP contribution in [0, 0.1) is 17.8 Å². The van der Waals surface area contributed by atoms with Crippen molar-refractivity contribution in [1.29, 1.82) is 0 Å². The molecule has 4 N–H and O–H groups in total. The molecule has 3 amide bonds. The second kappa shape index (κ2) is 11.1. The van der Waals surface area contributed by atoms with Crippen LogP contribution in [0.5, 0.6) is 0 Å². The number of nitrogens with one attached hydrogen (secondary N) is 2. The molecule has 1 aliphatic heterocycles. The molecular weight excluding hydrogens is 474 g/mol. The first-order valence-electron chi connectivity index (χ1n) is 12.4. The highest BCUT2D eigenvalue weighted by atomic mass is 16.6. The first kappa shape index (κ1) is 30.1. The second-order valence-corrected chi connectivity index (χ2v) is 12.2. The smallest absolute Gasteiger partial charge is 0.408 e. The van der Waals surface area contributed by atoms with Crippen molar-refractivity contribution >= 4 is 17.9 Å². The highest BCUT2D eigenvalue weighted by Crippen LogP contribution is 2.29. The van der Waals surface area contributed by atoms with Crippen molar-refractivity contribution in [3.05, 3.63) is 35.4 Å². The minimum Gasteiger partial charge on any atom is -0.444 e. The van der Waals surface area contributed by atoms with Gasteiger partial charge in [0.2, 0.25) is 11.8 Å². The summed E-state index contributed by atoms with van der Waals surface area (Å²) >= 11 is 0. The van der Waals surface area contributed by atoms with Gasteiger partial charge in [0, 0.05) is 18.5 Å². The number of hydrogen-bond donors (Lipinski definition) is 4. The van der Waals surface area contributed by atoms with Crippen molar-refractivity contribution in [2.45, 2.75) is 97.2 Å². The van der Waals surface area contributed by atoms with E-state index >= 15 is 0 Å². The number of alkyl carbamates (subject to hydrolysis) is 1. The van der Waals surface area contributed by atoms with E-state index in [1.54, 1.807) is 79.7 Å². The van der Waals surface area contributed by atoms with Gasteiger partial charge in [-0.15, -0.1) is 6.42 Å². The molecule has 1 aromatic rings. The predicted molar refractivity (Wildman–Crippen MR) is 140 cm³/mol. The molecule has 4 atom stereocenters. The van der Waals surface area contributed by atoms with Gasteiger partial charge in [-0.3, -0.25) is 9.59 Å². The van der Waals surface area contributed by atoms with Crippen molar-refractivity contribution in [2.75, 3.05) is 6.54 Å². The van der Waals surface area contributed by atoms with Crippen LogP contribution < -0.4 is 10.6 Å². The van der Waals surface area contributed by atoms with E-state index in [0.717, 1.165) is 0 Å².